The summed E-state index contributed by atoms with van der Waals surface area (Å²) >= 11 is 0. The van der Waals surface area contributed by atoms with E-state index in [9.17, 15) is 5.11 Å². The molecule has 1 N–H and O–H groups in total. The second kappa shape index (κ2) is 6.92. The first-order chi connectivity index (χ1) is 9.24. The van der Waals surface area contributed by atoms with Gasteiger partial charge < -0.3 is 9.84 Å². The van der Waals surface area contributed by atoms with E-state index in [0.29, 0.717) is 6.04 Å². The van der Waals surface area contributed by atoms with Crippen LogP contribution in [0.2, 0.25) is 0 Å². The highest BCUT2D eigenvalue weighted by atomic mass is 16.5. The van der Waals surface area contributed by atoms with Gasteiger partial charge in [-0.2, -0.15) is 0 Å². The van der Waals surface area contributed by atoms with Gasteiger partial charge in [0.15, 0.2) is 0 Å². The van der Waals surface area contributed by atoms with E-state index in [1.54, 1.807) is 7.11 Å². The lowest BCUT2D eigenvalue weighted by Crippen LogP contribution is -2.32. The van der Waals surface area contributed by atoms with E-state index in [1.165, 1.54) is 31.2 Å². The SMILES string of the molecule is COc1ccc(CO)cc1CN1CCCCCC1C. The maximum Gasteiger partial charge on any atom is 0.123 e. The Hall–Kier alpha value is -1.06. The Bertz CT molecular complexity index is 406. The normalized spacial score (nSPS) is 21.1. The van der Waals surface area contributed by atoms with Gasteiger partial charge in [-0.25, -0.2) is 0 Å². The third-order valence-electron chi connectivity index (χ3n) is 4.09. The monoisotopic (exact) mass is 263 g/mol. The second-order valence-electron chi connectivity index (χ2n) is 5.47. The van der Waals surface area contributed by atoms with E-state index in [1.807, 2.05) is 12.1 Å². The molecule has 0 radical (unpaired) electrons. The fourth-order valence-corrected chi connectivity index (χ4v) is 2.84. The number of nitrogens with zero attached hydrogens (tertiary/aromatic N) is 1. The predicted octanol–water partition coefficient (Wildman–Crippen LogP) is 2.95. The van der Waals surface area contributed by atoms with Crippen LogP contribution in [0.4, 0.5) is 0 Å². The molecule has 19 heavy (non-hydrogen) atoms. The van der Waals surface area contributed by atoms with Crippen molar-refractivity contribution >= 4 is 0 Å². The molecular weight excluding hydrogens is 238 g/mol. The Labute approximate surface area is 116 Å². The second-order valence-corrected chi connectivity index (χ2v) is 5.47. The largest absolute Gasteiger partial charge is 0.496 e. The topological polar surface area (TPSA) is 32.7 Å². The maximum atomic E-state index is 9.27. The molecule has 0 spiro atoms. The summed E-state index contributed by atoms with van der Waals surface area (Å²) in [6.45, 7) is 4.48. The molecule has 2 rings (SSSR count). The van der Waals surface area contributed by atoms with Crippen molar-refractivity contribution in [3.05, 3.63) is 29.3 Å². The van der Waals surface area contributed by atoms with Gasteiger partial charge in [0.25, 0.3) is 0 Å². The molecule has 1 fully saturated rings. The molecule has 3 heteroatoms. The van der Waals surface area contributed by atoms with E-state index in [2.05, 4.69) is 17.9 Å². The first-order valence-corrected chi connectivity index (χ1v) is 7.25. The summed E-state index contributed by atoms with van der Waals surface area (Å²) in [6.07, 6.45) is 5.24. The Balaban J connectivity index is 2.15. The van der Waals surface area contributed by atoms with Crippen molar-refractivity contribution in [3.63, 3.8) is 0 Å². The molecular formula is C16H25NO2. The van der Waals surface area contributed by atoms with Crippen LogP contribution >= 0.6 is 0 Å². The van der Waals surface area contributed by atoms with Crippen LogP contribution in [0.5, 0.6) is 5.75 Å². The molecule has 0 saturated carbocycles. The standard InChI is InChI=1S/C16H25NO2/c1-13-6-4-3-5-9-17(13)11-15-10-14(12-18)7-8-16(15)19-2/h7-8,10,13,18H,3-6,9,11-12H2,1-2H3. The zero-order valence-corrected chi connectivity index (χ0v) is 12.1. The summed E-state index contributed by atoms with van der Waals surface area (Å²) in [5, 5.41) is 9.27. The van der Waals surface area contributed by atoms with Crippen molar-refractivity contribution in [1.82, 2.24) is 4.90 Å². The average molecular weight is 263 g/mol. The van der Waals surface area contributed by atoms with Crippen molar-refractivity contribution in [2.24, 2.45) is 0 Å². The number of aliphatic hydroxyl groups is 1. The van der Waals surface area contributed by atoms with Crippen molar-refractivity contribution in [1.29, 1.82) is 0 Å². The lowest BCUT2D eigenvalue weighted by Gasteiger charge is -2.27. The minimum Gasteiger partial charge on any atom is -0.496 e. The van der Waals surface area contributed by atoms with Gasteiger partial charge in [0.1, 0.15) is 5.75 Å². The minimum atomic E-state index is 0.0898. The summed E-state index contributed by atoms with van der Waals surface area (Å²) in [4.78, 5) is 2.53. The van der Waals surface area contributed by atoms with Crippen LogP contribution in [-0.4, -0.2) is 29.7 Å². The third kappa shape index (κ3) is 3.71. The van der Waals surface area contributed by atoms with Crippen LogP contribution in [0, 0.1) is 0 Å². The Morgan fingerprint density at radius 1 is 1.32 bits per heavy atom. The van der Waals surface area contributed by atoms with Gasteiger partial charge in [-0.15, -0.1) is 0 Å². The highest BCUT2D eigenvalue weighted by Gasteiger charge is 2.18. The van der Waals surface area contributed by atoms with Crippen molar-refractivity contribution in [2.45, 2.75) is 51.8 Å². The average Bonchev–Trinajstić information content (AvgIpc) is 2.64. The van der Waals surface area contributed by atoms with Crippen molar-refractivity contribution in [3.8, 4) is 5.75 Å². The van der Waals surface area contributed by atoms with Crippen molar-refractivity contribution in [2.75, 3.05) is 13.7 Å². The molecule has 1 aromatic rings. The highest BCUT2D eigenvalue weighted by Crippen LogP contribution is 2.25. The number of hydrogen-bond acceptors (Lipinski definition) is 3. The zero-order valence-electron chi connectivity index (χ0n) is 12.1. The van der Waals surface area contributed by atoms with E-state index in [-0.39, 0.29) is 6.61 Å². The number of hydrogen-bond donors (Lipinski definition) is 1. The van der Waals surface area contributed by atoms with Gasteiger partial charge in [0, 0.05) is 18.2 Å². The number of rotatable bonds is 4. The molecule has 0 aliphatic carbocycles. The maximum absolute atomic E-state index is 9.27. The summed E-state index contributed by atoms with van der Waals surface area (Å²) in [5.74, 6) is 0.925. The van der Waals surface area contributed by atoms with Gasteiger partial charge in [-0.1, -0.05) is 18.9 Å². The van der Waals surface area contributed by atoms with Gasteiger partial charge in [-0.3, -0.25) is 4.90 Å². The fourth-order valence-electron chi connectivity index (χ4n) is 2.84. The molecule has 1 atom stereocenters. The predicted molar refractivity (Wildman–Crippen MR) is 77.3 cm³/mol. The van der Waals surface area contributed by atoms with E-state index >= 15 is 0 Å². The molecule has 1 unspecified atom stereocenters. The number of ether oxygens (including phenoxy) is 1. The molecule has 1 aromatic carbocycles. The molecule has 3 nitrogen and oxygen atoms in total. The first kappa shape index (κ1) is 14.4. The van der Waals surface area contributed by atoms with E-state index in [0.717, 1.165) is 24.4 Å². The Kier molecular flexibility index (Phi) is 5.23. The van der Waals surface area contributed by atoms with Crippen LogP contribution in [0.1, 0.15) is 43.7 Å². The molecule has 1 aliphatic heterocycles. The van der Waals surface area contributed by atoms with Crippen LogP contribution in [0.25, 0.3) is 0 Å². The van der Waals surface area contributed by atoms with Gasteiger partial charge >= 0.3 is 0 Å². The molecule has 1 saturated heterocycles. The highest BCUT2D eigenvalue weighted by molar-refractivity contribution is 5.37. The van der Waals surface area contributed by atoms with Crippen LogP contribution in [-0.2, 0) is 13.2 Å². The zero-order chi connectivity index (χ0) is 13.7. The minimum absolute atomic E-state index is 0.0898. The number of benzene rings is 1. The Morgan fingerprint density at radius 3 is 2.89 bits per heavy atom. The molecule has 0 bridgehead atoms. The van der Waals surface area contributed by atoms with E-state index < -0.39 is 0 Å². The third-order valence-corrected chi connectivity index (χ3v) is 4.09. The Morgan fingerprint density at radius 2 is 2.16 bits per heavy atom. The smallest absolute Gasteiger partial charge is 0.123 e. The summed E-state index contributed by atoms with van der Waals surface area (Å²) in [7, 11) is 1.71. The number of aliphatic hydroxyl groups excluding tert-OH is 1. The van der Waals surface area contributed by atoms with Crippen molar-refractivity contribution < 1.29 is 9.84 Å². The lowest BCUT2D eigenvalue weighted by molar-refractivity contribution is 0.202. The molecule has 0 amide bonds. The van der Waals surface area contributed by atoms with E-state index in [4.69, 9.17) is 4.74 Å². The van der Waals surface area contributed by atoms with Gasteiger partial charge in [0.05, 0.1) is 13.7 Å². The molecule has 1 heterocycles. The first-order valence-electron chi connectivity index (χ1n) is 7.25. The molecule has 0 aromatic heterocycles. The summed E-state index contributed by atoms with van der Waals surface area (Å²) in [5.41, 5.74) is 2.14. The number of likely N-dealkylation sites (tertiary alicyclic amines) is 1. The summed E-state index contributed by atoms with van der Waals surface area (Å²) in [6, 6.07) is 6.58. The van der Waals surface area contributed by atoms with Gasteiger partial charge in [-0.05, 0) is 44.0 Å². The quantitative estimate of drug-likeness (QED) is 0.906. The van der Waals surface area contributed by atoms with Crippen LogP contribution in [0.15, 0.2) is 18.2 Å². The van der Waals surface area contributed by atoms with Crippen LogP contribution in [0.3, 0.4) is 0 Å². The summed E-state index contributed by atoms with van der Waals surface area (Å²) < 4.78 is 5.44. The number of methoxy groups -OCH3 is 1. The molecule has 106 valence electrons. The fraction of sp³-hybridized carbons (Fsp3) is 0.625. The lowest BCUT2D eigenvalue weighted by atomic mass is 10.1. The van der Waals surface area contributed by atoms with Crippen LogP contribution < -0.4 is 4.74 Å². The molecule has 1 aliphatic rings. The van der Waals surface area contributed by atoms with Gasteiger partial charge in [0.2, 0.25) is 0 Å².